The summed E-state index contributed by atoms with van der Waals surface area (Å²) >= 11 is 0. The maximum Gasteiger partial charge on any atom is 0.129 e. The van der Waals surface area contributed by atoms with E-state index >= 15 is 0 Å². The number of Topliss-reactive ketones (excluding diaryl/α,β-unsaturated/α-hetero) is 1. The van der Waals surface area contributed by atoms with Crippen molar-refractivity contribution in [3.63, 3.8) is 0 Å². The van der Waals surface area contributed by atoms with Crippen LogP contribution in [-0.2, 0) is 4.79 Å². The molecular formula is C13H20O. The van der Waals surface area contributed by atoms with Crippen molar-refractivity contribution in [3.05, 3.63) is 23.8 Å². The molecule has 0 amide bonds. The summed E-state index contributed by atoms with van der Waals surface area (Å²) in [6, 6.07) is 0. The van der Waals surface area contributed by atoms with Crippen LogP contribution in [0.1, 0.15) is 46.0 Å². The SMILES string of the molecule is CCC1C=CC=C(CCCC(C)=O)C1. The summed E-state index contributed by atoms with van der Waals surface area (Å²) < 4.78 is 0. The lowest BCUT2D eigenvalue weighted by molar-refractivity contribution is -0.117. The van der Waals surface area contributed by atoms with Crippen molar-refractivity contribution < 1.29 is 4.79 Å². The fourth-order valence-corrected chi connectivity index (χ4v) is 1.85. The van der Waals surface area contributed by atoms with Crippen LogP contribution in [-0.4, -0.2) is 5.78 Å². The normalized spacial score (nSPS) is 20.7. The van der Waals surface area contributed by atoms with Crippen molar-refractivity contribution in [2.24, 2.45) is 5.92 Å². The molecular weight excluding hydrogens is 172 g/mol. The van der Waals surface area contributed by atoms with Gasteiger partial charge in [0.05, 0.1) is 0 Å². The van der Waals surface area contributed by atoms with E-state index in [4.69, 9.17) is 0 Å². The highest BCUT2D eigenvalue weighted by Gasteiger charge is 2.09. The predicted octanol–water partition coefficient (Wildman–Crippen LogP) is 3.66. The Kier molecular flexibility index (Phi) is 4.64. The first kappa shape index (κ1) is 11.2. The first-order valence-corrected chi connectivity index (χ1v) is 5.58. The Hall–Kier alpha value is -0.850. The van der Waals surface area contributed by atoms with Gasteiger partial charge < -0.3 is 4.79 Å². The zero-order valence-electron chi connectivity index (χ0n) is 9.25. The molecule has 14 heavy (non-hydrogen) atoms. The van der Waals surface area contributed by atoms with Gasteiger partial charge in [0.25, 0.3) is 0 Å². The summed E-state index contributed by atoms with van der Waals surface area (Å²) in [6.07, 6.45) is 11.9. The van der Waals surface area contributed by atoms with Crippen molar-refractivity contribution in [2.45, 2.75) is 46.0 Å². The van der Waals surface area contributed by atoms with Gasteiger partial charge in [0, 0.05) is 6.42 Å². The summed E-state index contributed by atoms with van der Waals surface area (Å²) in [5.74, 6) is 1.04. The molecule has 1 unspecified atom stereocenters. The van der Waals surface area contributed by atoms with Crippen LogP contribution in [0.2, 0.25) is 0 Å². The highest BCUT2D eigenvalue weighted by atomic mass is 16.1. The molecule has 1 heteroatoms. The largest absolute Gasteiger partial charge is 0.300 e. The number of hydrogen-bond donors (Lipinski definition) is 0. The van der Waals surface area contributed by atoms with Crippen LogP contribution in [0.4, 0.5) is 0 Å². The van der Waals surface area contributed by atoms with Crippen molar-refractivity contribution in [2.75, 3.05) is 0 Å². The highest BCUT2D eigenvalue weighted by Crippen LogP contribution is 2.24. The molecule has 0 spiro atoms. The Balaban J connectivity index is 2.28. The standard InChI is InChI=1S/C13H20O/c1-3-12-7-5-9-13(10-12)8-4-6-11(2)14/h5,7,9,12H,3-4,6,8,10H2,1-2H3. The second kappa shape index (κ2) is 5.79. The Morgan fingerprint density at radius 1 is 1.57 bits per heavy atom. The summed E-state index contributed by atoms with van der Waals surface area (Å²) in [7, 11) is 0. The minimum atomic E-state index is 0.309. The minimum Gasteiger partial charge on any atom is -0.300 e. The Morgan fingerprint density at radius 2 is 2.36 bits per heavy atom. The highest BCUT2D eigenvalue weighted by molar-refractivity contribution is 5.75. The summed E-state index contributed by atoms with van der Waals surface area (Å²) in [4.78, 5) is 10.8. The van der Waals surface area contributed by atoms with Gasteiger partial charge in [-0.3, -0.25) is 0 Å². The molecule has 1 aliphatic carbocycles. The van der Waals surface area contributed by atoms with E-state index < -0.39 is 0 Å². The van der Waals surface area contributed by atoms with E-state index in [1.807, 2.05) is 0 Å². The second-order valence-corrected chi connectivity index (χ2v) is 4.14. The fourth-order valence-electron chi connectivity index (χ4n) is 1.85. The van der Waals surface area contributed by atoms with E-state index in [-0.39, 0.29) is 0 Å². The first-order chi connectivity index (χ1) is 6.72. The molecule has 0 saturated heterocycles. The van der Waals surface area contributed by atoms with Crippen LogP contribution >= 0.6 is 0 Å². The molecule has 0 aromatic carbocycles. The first-order valence-electron chi connectivity index (χ1n) is 5.58. The lowest BCUT2D eigenvalue weighted by Gasteiger charge is -2.16. The quantitative estimate of drug-likeness (QED) is 0.649. The third-order valence-electron chi connectivity index (χ3n) is 2.79. The van der Waals surface area contributed by atoms with Crippen molar-refractivity contribution >= 4 is 5.78 Å². The van der Waals surface area contributed by atoms with E-state index in [1.54, 1.807) is 6.92 Å². The number of hydrogen-bond acceptors (Lipinski definition) is 1. The molecule has 1 aliphatic rings. The van der Waals surface area contributed by atoms with Crippen LogP contribution in [0.3, 0.4) is 0 Å². The number of ketones is 1. The van der Waals surface area contributed by atoms with Gasteiger partial charge in [0.1, 0.15) is 5.78 Å². The third-order valence-corrected chi connectivity index (χ3v) is 2.79. The lowest BCUT2D eigenvalue weighted by Crippen LogP contribution is -2.01. The molecule has 0 aromatic heterocycles. The zero-order valence-corrected chi connectivity index (χ0v) is 9.25. The second-order valence-electron chi connectivity index (χ2n) is 4.14. The Morgan fingerprint density at radius 3 is 3.00 bits per heavy atom. The average Bonchev–Trinajstić information content (AvgIpc) is 2.18. The van der Waals surface area contributed by atoms with Gasteiger partial charge in [-0.1, -0.05) is 30.7 Å². The van der Waals surface area contributed by atoms with Gasteiger partial charge >= 0.3 is 0 Å². The zero-order chi connectivity index (χ0) is 10.4. The summed E-state index contributed by atoms with van der Waals surface area (Å²) in [6.45, 7) is 3.90. The molecule has 1 rings (SSSR count). The molecule has 0 fully saturated rings. The van der Waals surface area contributed by atoms with E-state index in [1.165, 1.54) is 18.4 Å². The van der Waals surface area contributed by atoms with Gasteiger partial charge in [0.15, 0.2) is 0 Å². The average molecular weight is 192 g/mol. The predicted molar refractivity (Wildman–Crippen MR) is 60.2 cm³/mol. The summed E-state index contributed by atoms with van der Waals surface area (Å²) in [5, 5.41) is 0. The topological polar surface area (TPSA) is 17.1 Å². The molecule has 78 valence electrons. The maximum absolute atomic E-state index is 10.8. The van der Waals surface area contributed by atoms with Gasteiger partial charge in [-0.15, -0.1) is 0 Å². The number of allylic oxidation sites excluding steroid dienone is 4. The van der Waals surface area contributed by atoms with Gasteiger partial charge in [0.2, 0.25) is 0 Å². The molecule has 0 heterocycles. The van der Waals surface area contributed by atoms with Gasteiger partial charge in [-0.25, -0.2) is 0 Å². The minimum absolute atomic E-state index is 0.309. The molecule has 0 aliphatic heterocycles. The van der Waals surface area contributed by atoms with Gasteiger partial charge in [-0.05, 0) is 38.5 Å². The molecule has 0 N–H and O–H groups in total. The molecule has 0 aromatic rings. The molecule has 1 atom stereocenters. The molecule has 0 bridgehead atoms. The third kappa shape index (κ3) is 3.91. The Labute approximate surface area is 86.9 Å². The van der Waals surface area contributed by atoms with E-state index in [0.717, 1.165) is 25.2 Å². The molecule has 0 radical (unpaired) electrons. The maximum atomic E-state index is 10.8. The van der Waals surface area contributed by atoms with E-state index in [9.17, 15) is 4.79 Å². The molecule has 0 saturated carbocycles. The number of carbonyl (C=O) groups excluding carboxylic acids is 1. The van der Waals surface area contributed by atoms with Gasteiger partial charge in [-0.2, -0.15) is 0 Å². The van der Waals surface area contributed by atoms with Crippen LogP contribution in [0.5, 0.6) is 0 Å². The van der Waals surface area contributed by atoms with Crippen LogP contribution in [0.25, 0.3) is 0 Å². The van der Waals surface area contributed by atoms with Crippen LogP contribution in [0.15, 0.2) is 23.8 Å². The van der Waals surface area contributed by atoms with E-state index in [2.05, 4.69) is 25.2 Å². The number of rotatable bonds is 5. The van der Waals surface area contributed by atoms with Crippen LogP contribution in [0, 0.1) is 5.92 Å². The summed E-state index contributed by atoms with van der Waals surface area (Å²) in [5.41, 5.74) is 1.51. The van der Waals surface area contributed by atoms with Crippen molar-refractivity contribution in [1.82, 2.24) is 0 Å². The Bertz CT molecular complexity index is 248. The van der Waals surface area contributed by atoms with Crippen LogP contribution < -0.4 is 0 Å². The smallest absolute Gasteiger partial charge is 0.129 e. The van der Waals surface area contributed by atoms with E-state index in [0.29, 0.717) is 5.78 Å². The van der Waals surface area contributed by atoms with Crippen molar-refractivity contribution in [1.29, 1.82) is 0 Å². The fraction of sp³-hybridized carbons (Fsp3) is 0.615. The molecule has 1 nitrogen and oxygen atoms in total. The number of carbonyl (C=O) groups is 1. The monoisotopic (exact) mass is 192 g/mol. The van der Waals surface area contributed by atoms with Crippen molar-refractivity contribution in [3.8, 4) is 0 Å². The lowest BCUT2D eigenvalue weighted by atomic mass is 9.90.